The van der Waals surface area contributed by atoms with Gasteiger partial charge in [-0.25, -0.2) is 4.68 Å². The Morgan fingerprint density at radius 1 is 1.14 bits per heavy atom. The highest BCUT2D eigenvalue weighted by Gasteiger charge is 2.26. The lowest BCUT2D eigenvalue weighted by Gasteiger charge is -2.30. The quantitative estimate of drug-likeness (QED) is 0.431. The van der Waals surface area contributed by atoms with E-state index in [1.54, 1.807) is 0 Å². The lowest BCUT2D eigenvalue weighted by Crippen LogP contribution is -2.37. The van der Waals surface area contributed by atoms with Crippen molar-refractivity contribution in [1.29, 1.82) is 0 Å². The Bertz CT molecular complexity index is 1020. The highest BCUT2D eigenvalue weighted by Crippen LogP contribution is 2.24. The number of carbonyl (C=O) groups is 1. The van der Waals surface area contributed by atoms with Crippen molar-refractivity contribution in [2.75, 3.05) is 18.4 Å². The number of anilines is 2. The van der Waals surface area contributed by atoms with Crippen molar-refractivity contribution >= 4 is 40.2 Å². The fourth-order valence-electron chi connectivity index (χ4n) is 3.57. The van der Waals surface area contributed by atoms with E-state index in [4.69, 9.17) is 12.2 Å². The summed E-state index contributed by atoms with van der Waals surface area (Å²) in [5.41, 5.74) is 3.05. The Kier molecular flexibility index (Phi) is 6.18. The first kappa shape index (κ1) is 19.9. The van der Waals surface area contributed by atoms with Crippen LogP contribution in [0.3, 0.4) is 0 Å². The molecule has 0 radical (unpaired) electrons. The lowest BCUT2D eigenvalue weighted by molar-refractivity contribution is 0.0804. The Balaban J connectivity index is 1.34. The van der Waals surface area contributed by atoms with Crippen LogP contribution in [-0.2, 0) is 6.67 Å². The Morgan fingerprint density at radius 3 is 2.52 bits per heavy atom. The summed E-state index contributed by atoms with van der Waals surface area (Å²) in [6.45, 7) is 4.49. The number of rotatable bonds is 6. The molecule has 7 heteroatoms. The maximum Gasteiger partial charge on any atom is 0.209 e. The fraction of sp³-hybridized carbons (Fsp3) is 0.318. The van der Waals surface area contributed by atoms with Gasteiger partial charge in [-0.15, -0.1) is 5.10 Å². The van der Waals surface area contributed by atoms with Crippen molar-refractivity contribution in [2.24, 2.45) is 5.92 Å². The highest BCUT2D eigenvalue weighted by molar-refractivity contribution is 7.73. The van der Waals surface area contributed by atoms with Crippen molar-refractivity contribution in [1.82, 2.24) is 14.7 Å². The van der Waals surface area contributed by atoms with Gasteiger partial charge in [0.2, 0.25) is 5.13 Å². The number of hydrogen-bond acceptors (Lipinski definition) is 6. The van der Waals surface area contributed by atoms with Crippen LogP contribution in [-0.4, -0.2) is 33.6 Å². The van der Waals surface area contributed by atoms with Gasteiger partial charge in [0.1, 0.15) is 0 Å². The average molecular weight is 425 g/mol. The Labute approximate surface area is 180 Å². The molecule has 1 aliphatic rings. The van der Waals surface area contributed by atoms with Gasteiger partial charge in [-0.2, -0.15) is 0 Å². The second-order valence-electron chi connectivity index (χ2n) is 7.43. The molecule has 1 N–H and O–H groups in total. The van der Waals surface area contributed by atoms with Gasteiger partial charge in [0.15, 0.2) is 9.74 Å². The summed E-state index contributed by atoms with van der Waals surface area (Å²) >= 11 is 6.98. The molecule has 5 nitrogen and oxygen atoms in total. The number of likely N-dealkylation sites (tertiary alicyclic amines) is 1. The number of benzene rings is 2. The maximum atomic E-state index is 12.7. The minimum atomic E-state index is 0.107. The molecular weight excluding hydrogens is 400 g/mol. The zero-order chi connectivity index (χ0) is 20.2. The van der Waals surface area contributed by atoms with Gasteiger partial charge >= 0.3 is 0 Å². The van der Waals surface area contributed by atoms with Crippen molar-refractivity contribution in [3.8, 4) is 0 Å². The number of nitrogens with one attached hydrogen (secondary N) is 1. The van der Waals surface area contributed by atoms with E-state index in [1.165, 1.54) is 16.9 Å². The van der Waals surface area contributed by atoms with Crippen LogP contribution in [0.4, 0.5) is 10.8 Å². The molecule has 0 amide bonds. The third-order valence-corrected chi connectivity index (χ3v) is 6.48. The molecule has 1 aromatic heterocycles. The highest BCUT2D eigenvalue weighted by atomic mass is 32.1. The predicted octanol–water partition coefficient (Wildman–Crippen LogP) is 5.28. The van der Waals surface area contributed by atoms with E-state index in [9.17, 15) is 4.79 Å². The standard InChI is InChI=1S/C22H24N4OS2/c1-16-7-9-19(10-8-16)23-21-24-26(22(28)29-21)15-25-13-11-18(12-14-25)20(27)17-5-3-2-4-6-17/h2-10,18H,11-15H2,1H3,(H,23,24). The molecule has 150 valence electrons. The van der Waals surface area contributed by atoms with Crippen LogP contribution in [0.5, 0.6) is 0 Å². The number of aromatic nitrogens is 2. The van der Waals surface area contributed by atoms with Gasteiger partial charge in [0.25, 0.3) is 0 Å². The number of nitrogens with zero attached hydrogens (tertiary/aromatic N) is 3. The maximum absolute atomic E-state index is 12.7. The summed E-state index contributed by atoms with van der Waals surface area (Å²) in [7, 11) is 0. The molecule has 0 atom stereocenters. The lowest BCUT2D eigenvalue weighted by atomic mass is 9.89. The molecular formula is C22H24N4OS2. The van der Waals surface area contributed by atoms with Gasteiger partial charge in [-0.3, -0.25) is 9.69 Å². The summed E-state index contributed by atoms with van der Waals surface area (Å²) in [4.78, 5) is 15.0. The van der Waals surface area contributed by atoms with E-state index < -0.39 is 0 Å². The average Bonchev–Trinajstić information content (AvgIpc) is 3.09. The van der Waals surface area contributed by atoms with E-state index in [-0.39, 0.29) is 11.7 Å². The Hall–Kier alpha value is -2.35. The largest absolute Gasteiger partial charge is 0.330 e. The summed E-state index contributed by atoms with van der Waals surface area (Å²) in [5.74, 6) is 0.371. The predicted molar refractivity (Wildman–Crippen MR) is 120 cm³/mol. The topological polar surface area (TPSA) is 50.2 Å². The summed E-state index contributed by atoms with van der Waals surface area (Å²) in [6.07, 6.45) is 1.75. The number of piperidine rings is 1. The molecule has 0 unspecified atom stereocenters. The van der Waals surface area contributed by atoms with Crippen molar-refractivity contribution in [3.63, 3.8) is 0 Å². The zero-order valence-electron chi connectivity index (χ0n) is 16.4. The van der Waals surface area contributed by atoms with Gasteiger partial charge < -0.3 is 5.32 Å². The molecule has 3 aromatic rings. The molecule has 2 aromatic carbocycles. The van der Waals surface area contributed by atoms with Crippen molar-refractivity contribution < 1.29 is 4.79 Å². The third kappa shape index (κ3) is 4.98. The number of carbonyl (C=O) groups excluding carboxylic acids is 1. The third-order valence-electron chi connectivity index (χ3n) is 5.26. The van der Waals surface area contributed by atoms with Gasteiger partial charge in [-0.05, 0) is 44.1 Å². The van der Waals surface area contributed by atoms with Gasteiger partial charge in [0, 0.05) is 30.3 Å². The molecule has 0 aliphatic carbocycles. The fourth-order valence-corrected chi connectivity index (χ4v) is 4.58. The van der Waals surface area contributed by atoms with E-state index in [2.05, 4.69) is 34.4 Å². The first-order chi connectivity index (χ1) is 14.1. The second-order valence-corrected chi connectivity index (χ2v) is 9.05. The monoisotopic (exact) mass is 424 g/mol. The van der Waals surface area contributed by atoms with Crippen LogP contribution < -0.4 is 5.32 Å². The van der Waals surface area contributed by atoms with Crippen LogP contribution in [0.2, 0.25) is 0 Å². The summed E-state index contributed by atoms with van der Waals surface area (Å²) < 4.78 is 2.62. The SMILES string of the molecule is Cc1ccc(Nc2nn(CN3CCC(C(=O)c4ccccc4)CC3)c(=S)s2)cc1. The van der Waals surface area contributed by atoms with E-state index in [1.807, 2.05) is 47.1 Å². The van der Waals surface area contributed by atoms with E-state index in [0.29, 0.717) is 6.67 Å². The number of hydrogen-bond donors (Lipinski definition) is 1. The molecule has 0 saturated carbocycles. The minimum Gasteiger partial charge on any atom is -0.330 e. The molecule has 0 bridgehead atoms. The van der Waals surface area contributed by atoms with Crippen LogP contribution in [0, 0.1) is 16.8 Å². The van der Waals surface area contributed by atoms with Gasteiger partial charge in [0.05, 0.1) is 6.67 Å². The molecule has 1 saturated heterocycles. The number of aryl methyl sites for hydroxylation is 1. The molecule has 29 heavy (non-hydrogen) atoms. The van der Waals surface area contributed by atoms with Crippen LogP contribution in [0.1, 0.15) is 28.8 Å². The summed E-state index contributed by atoms with van der Waals surface area (Å²) in [6, 6.07) is 17.8. The minimum absolute atomic E-state index is 0.107. The van der Waals surface area contributed by atoms with Crippen LogP contribution in [0.25, 0.3) is 0 Å². The number of ketones is 1. The van der Waals surface area contributed by atoms with Crippen molar-refractivity contribution in [2.45, 2.75) is 26.4 Å². The zero-order valence-corrected chi connectivity index (χ0v) is 18.0. The molecule has 2 heterocycles. The normalized spacial score (nSPS) is 15.3. The van der Waals surface area contributed by atoms with Crippen LogP contribution in [0.15, 0.2) is 54.6 Å². The molecule has 4 rings (SSSR count). The van der Waals surface area contributed by atoms with E-state index in [0.717, 1.165) is 46.3 Å². The second kappa shape index (κ2) is 8.98. The summed E-state index contributed by atoms with van der Waals surface area (Å²) in [5, 5.41) is 8.76. The van der Waals surface area contributed by atoms with Gasteiger partial charge in [-0.1, -0.05) is 59.4 Å². The molecule has 0 spiro atoms. The van der Waals surface area contributed by atoms with Crippen molar-refractivity contribution in [3.05, 3.63) is 69.7 Å². The molecule has 1 fully saturated rings. The molecule has 1 aliphatic heterocycles. The smallest absolute Gasteiger partial charge is 0.209 e. The van der Waals surface area contributed by atoms with E-state index >= 15 is 0 Å². The Morgan fingerprint density at radius 2 is 1.83 bits per heavy atom. The first-order valence-corrected chi connectivity index (χ1v) is 11.0. The number of Topliss-reactive ketones (excluding diaryl/α,β-unsaturated/α-hetero) is 1. The first-order valence-electron chi connectivity index (χ1n) is 9.82. The van der Waals surface area contributed by atoms with Crippen LogP contribution >= 0.6 is 23.6 Å².